The van der Waals surface area contributed by atoms with Gasteiger partial charge in [-0.25, -0.2) is 0 Å². The number of halogens is 1. The third-order valence-electron chi connectivity index (χ3n) is 3.69. The van der Waals surface area contributed by atoms with Crippen molar-refractivity contribution in [3.05, 3.63) is 64.1 Å². The van der Waals surface area contributed by atoms with Gasteiger partial charge in [-0.05, 0) is 47.0 Å². The van der Waals surface area contributed by atoms with Crippen LogP contribution in [0.15, 0.2) is 53.0 Å². The van der Waals surface area contributed by atoms with Crippen molar-refractivity contribution in [1.29, 1.82) is 0 Å². The first-order valence-electron chi connectivity index (χ1n) is 6.90. The number of carbonyl (C=O) groups excluding carboxylic acids is 1. The molecule has 0 spiro atoms. The maximum atomic E-state index is 12.4. The minimum absolute atomic E-state index is 0.0688. The summed E-state index contributed by atoms with van der Waals surface area (Å²) in [5.74, 6) is 0.0688. The van der Waals surface area contributed by atoms with Crippen molar-refractivity contribution >= 4 is 27.4 Å². The van der Waals surface area contributed by atoms with E-state index in [9.17, 15) is 4.79 Å². The van der Waals surface area contributed by atoms with Gasteiger partial charge in [-0.3, -0.25) is 4.79 Å². The number of benzene rings is 2. The smallest absolute Gasteiger partial charge is 0.193 e. The van der Waals surface area contributed by atoms with Crippen molar-refractivity contribution in [2.24, 2.45) is 0 Å². The van der Waals surface area contributed by atoms with Crippen molar-refractivity contribution in [3.8, 4) is 0 Å². The SMILES string of the molecule is O=C(c1ccccc1)c1ccc(N2CCCC2)c(Br)c1. The van der Waals surface area contributed by atoms with E-state index < -0.39 is 0 Å². The van der Waals surface area contributed by atoms with Crippen LogP contribution in [0.5, 0.6) is 0 Å². The van der Waals surface area contributed by atoms with Crippen LogP contribution in [-0.4, -0.2) is 18.9 Å². The second kappa shape index (κ2) is 5.80. The average molecular weight is 330 g/mol. The summed E-state index contributed by atoms with van der Waals surface area (Å²) in [4.78, 5) is 14.8. The monoisotopic (exact) mass is 329 g/mol. The summed E-state index contributed by atoms with van der Waals surface area (Å²) >= 11 is 3.60. The zero-order valence-electron chi connectivity index (χ0n) is 11.2. The molecule has 0 atom stereocenters. The van der Waals surface area contributed by atoms with E-state index in [1.165, 1.54) is 18.5 Å². The lowest BCUT2D eigenvalue weighted by atomic mass is 10.0. The number of ketones is 1. The second-order valence-electron chi connectivity index (χ2n) is 5.06. The fourth-order valence-electron chi connectivity index (χ4n) is 2.62. The zero-order chi connectivity index (χ0) is 13.9. The molecule has 0 aliphatic carbocycles. The third kappa shape index (κ3) is 2.63. The van der Waals surface area contributed by atoms with Crippen molar-refractivity contribution in [1.82, 2.24) is 0 Å². The predicted octanol–water partition coefficient (Wildman–Crippen LogP) is 4.28. The summed E-state index contributed by atoms with van der Waals surface area (Å²) in [6, 6.07) is 15.3. The van der Waals surface area contributed by atoms with E-state index in [0.29, 0.717) is 0 Å². The summed E-state index contributed by atoms with van der Waals surface area (Å²) in [5, 5.41) is 0. The summed E-state index contributed by atoms with van der Waals surface area (Å²) in [5.41, 5.74) is 2.64. The Hall–Kier alpha value is -1.61. The van der Waals surface area contributed by atoms with Gasteiger partial charge >= 0.3 is 0 Å². The quantitative estimate of drug-likeness (QED) is 0.783. The van der Waals surface area contributed by atoms with E-state index in [0.717, 1.165) is 28.7 Å². The second-order valence-corrected chi connectivity index (χ2v) is 5.91. The van der Waals surface area contributed by atoms with Gasteiger partial charge in [0.1, 0.15) is 0 Å². The fraction of sp³-hybridized carbons (Fsp3) is 0.235. The Balaban J connectivity index is 1.88. The average Bonchev–Trinajstić information content (AvgIpc) is 3.01. The largest absolute Gasteiger partial charge is 0.371 e. The van der Waals surface area contributed by atoms with Crippen LogP contribution in [0.2, 0.25) is 0 Å². The lowest BCUT2D eigenvalue weighted by Crippen LogP contribution is -2.18. The molecule has 0 unspecified atom stereocenters. The predicted molar refractivity (Wildman–Crippen MR) is 85.5 cm³/mol. The van der Waals surface area contributed by atoms with Crippen LogP contribution in [0, 0.1) is 0 Å². The molecule has 1 saturated heterocycles. The highest BCUT2D eigenvalue weighted by Gasteiger charge is 2.16. The zero-order valence-corrected chi connectivity index (χ0v) is 12.8. The van der Waals surface area contributed by atoms with E-state index in [2.05, 4.69) is 20.8 Å². The minimum atomic E-state index is 0.0688. The topological polar surface area (TPSA) is 20.3 Å². The summed E-state index contributed by atoms with van der Waals surface area (Å²) in [6.07, 6.45) is 2.49. The first-order valence-corrected chi connectivity index (χ1v) is 7.69. The number of hydrogen-bond donors (Lipinski definition) is 0. The number of nitrogens with zero attached hydrogens (tertiary/aromatic N) is 1. The summed E-state index contributed by atoms with van der Waals surface area (Å²) < 4.78 is 1.00. The Morgan fingerprint density at radius 2 is 1.65 bits per heavy atom. The van der Waals surface area contributed by atoms with Gasteiger partial charge in [-0.1, -0.05) is 30.3 Å². The molecular weight excluding hydrogens is 314 g/mol. The number of anilines is 1. The van der Waals surface area contributed by atoms with Crippen LogP contribution >= 0.6 is 15.9 Å². The minimum Gasteiger partial charge on any atom is -0.371 e. The molecule has 0 saturated carbocycles. The molecule has 0 aromatic heterocycles. The van der Waals surface area contributed by atoms with Crippen molar-refractivity contribution < 1.29 is 4.79 Å². The molecule has 3 heteroatoms. The van der Waals surface area contributed by atoms with Crippen LogP contribution in [0.25, 0.3) is 0 Å². The molecule has 20 heavy (non-hydrogen) atoms. The van der Waals surface area contributed by atoms with Crippen molar-refractivity contribution in [2.75, 3.05) is 18.0 Å². The number of hydrogen-bond acceptors (Lipinski definition) is 2. The summed E-state index contributed by atoms with van der Waals surface area (Å²) in [7, 11) is 0. The molecule has 2 aromatic rings. The molecular formula is C17H16BrNO. The lowest BCUT2D eigenvalue weighted by molar-refractivity contribution is 0.103. The van der Waals surface area contributed by atoms with E-state index in [4.69, 9.17) is 0 Å². The molecule has 1 heterocycles. The number of carbonyl (C=O) groups is 1. The van der Waals surface area contributed by atoms with Crippen LogP contribution in [0.3, 0.4) is 0 Å². The molecule has 102 valence electrons. The van der Waals surface area contributed by atoms with Gasteiger partial charge in [0.05, 0.1) is 5.69 Å². The highest BCUT2D eigenvalue weighted by Crippen LogP contribution is 2.30. The van der Waals surface area contributed by atoms with Gasteiger partial charge in [0, 0.05) is 28.7 Å². The summed E-state index contributed by atoms with van der Waals surface area (Å²) in [6.45, 7) is 2.20. The van der Waals surface area contributed by atoms with Crippen LogP contribution in [0.1, 0.15) is 28.8 Å². The molecule has 1 fully saturated rings. The van der Waals surface area contributed by atoms with Crippen LogP contribution in [-0.2, 0) is 0 Å². The van der Waals surface area contributed by atoms with Crippen LogP contribution < -0.4 is 4.90 Å². The Morgan fingerprint density at radius 3 is 2.30 bits per heavy atom. The molecule has 0 radical (unpaired) electrons. The molecule has 1 aliphatic heterocycles. The Morgan fingerprint density at radius 1 is 0.950 bits per heavy atom. The molecule has 0 N–H and O–H groups in total. The molecule has 2 aromatic carbocycles. The lowest BCUT2D eigenvalue weighted by Gasteiger charge is -2.19. The van der Waals surface area contributed by atoms with Crippen molar-refractivity contribution in [3.63, 3.8) is 0 Å². The molecule has 1 aliphatic rings. The van der Waals surface area contributed by atoms with Gasteiger partial charge in [-0.2, -0.15) is 0 Å². The van der Waals surface area contributed by atoms with Gasteiger partial charge in [-0.15, -0.1) is 0 Å². The standard InChI is InChI=1S/C17H16BrNO/c18-15-12-14(17(20)13-6-2-1-3-7-13)8-9-16(15)19-10-4-5-11-19/h1-3,6-9,12H,4-5,10-11H2. The highest BCUT2D eigenvalue weighted by atomic mass is 79.9. The molecule has 3 rings (SSSR count). The maximum absolute atomic E-state index is 12.4. The van der Waals surface area contributed by atoms with E-state index in [1.807, 2.05) is 48.5 Å². The first kappa shape index (κ1) is 13.4. The van der Waals surface area contributed by atoms with Crippen LogP contribution in [0.4, 0.5) is 5.69 Å². The van der Waals surface area contributed by atoms with E-state index in [1.54, 1.807) is 0 Å². The van der Waals surface area contributed by atoms with Gasteiger partial charge in [0.15, 0.2) is 5.78 Å². The van der Waals surface area contributed by atoms with Gasteiger partial charge < -0.3 is 4.90 Å². The third-order valence-corrected chi connectivity index (χ3v) is 4.33. The Bertz CT molecular complexity index is 618. The van der Waals surface area contributed by atoms with E-state index in [-0.39, 0.29) is 5.78 Å². The van der Waals surface area contributed by atoms with Gasteiger partial charge in [0.2, 0.25) is 0 Å². The Kier molecular flexibility index (Phi) is 3.88. The van der Waals surface area contributed by atoms with Crippen molar-refractivity contribution in [2.45, 2.75) is 12.8 Å². The maximum Gasteiger partial charge on any atom is 0.193 e. The normalized spacial score (nSPS) is 14.6. The number of rotatable bonds is 3. The van der Waals surface area contributed by atoms with E-state index >= 15 is 0 Å². The molecule has 0 bridgehead atoms. The molecule has 0 amide bonds. The highest BCUT2D eigenvalue weighted by molar-refractivity contribution is 9.10. The van der Waals surface area contributed by atoms with Gasteiger partial charge in [0.25, 0.3) is 0 Å². The first-order chi connectivity index (χ1) is 9.75. The fourth-order valence-corrected chi connectivity index (χ4v) is 3.25. The Labute approximate surface area is 127 Å². The molecule has 2 nitrogen and oxygen atoms in total.